The molecule has 1 aliphatic heterocycles. The molecule has 0 spiro atoms. The molecule has 0 amide bonds. The molecule has 4 rings (SSSR count). The highest BCUT2D eigenvalue weighted by Crippen LogP contribution is 2.24. The van der Waals surface area contributed by atoms with E-state index < -0.39 is 0 Å². The van der Waals surface area contributed by atoms with Crippen molar-refractivity contribution in [2.75, 3.05) is 26.2 Å². The van der Waals surface area contributed by atoms with Crippen molar-refractivity contribution < 1.29 is 0 Å². The van der Waals surface area contributed by atoms with Crippen LogP contribution in [0, 0.1) is 0 Å². The van der Waals surface area contributed by atoms with Gasteiger partial charge in [-0.25, -0.2) is 0 Å². The number of rotatable bonds is 4. The quantitative estimate of drug-likeness (QED) is 0.709. The Bertz CT molecular complexity index is 866. The topological polar surface area (TPSA) is 22.3 Å². The van der Waals surface area contributed by atoms with E-state index >= 15 is 0 Å². The summed E-state index contributed by atoms with van der Waals surface area (Å²) >= 11 is 12.1. The molecule has 2 heterocycles. The summed E-state index contributed by atoms with van der Waals surface area (Å²) in [5, 5.41) is 2.59. The molecule has 0 atom stereocenters. The third-order valence-electron chi connectivity index (χ3n) is 4.92. The van der Waals surface area contributed by atoms with E-state index in [2.05, 4.69) is 51.3 Å². The average molecular weight is 374 g/mol. The highest BCUT2D eigenvalue weighted by molar-refractivity contribution is 6.42. The van der Waals surface area contributed by atoms with E-state index in [1.165, 1.54) is 22.0 Å². The highest BCUT2D eigenvalue weighted by Gasteiger charge is 2.18. The zero-order valence-corrected chi connectivity index (χ0v) is 15.5. The highest BCUT2D eigenvalue weighted by atomic mass is 35.5. The SMILES string of the molecule is Clc1ccc(CN2CCN(Cc3c[nH]c4ccccc34)CC2)cc1Cl. The monoisotopic (exact) mass is 373 g/mol. The Morgan fingerprint density at radius 3 is 2.32 bits per heavy atom. The van der Waals surface area contributed by atoms with Crippen LogP contribution >= 0.6 is 23.2 Å². The molecule has 1 saturated heterocycles. The summed E-state index contributed by atoms with van der Waals surface area (Å²) in [4.78, 5) is 8.37. The predicted molar refractivity (Wildman–Crippen MR) is 105 cm³/mol. The van der Waals surface area contributed by atoms with Gasteiger partial charge in [-0.15, -0.1) is 0 Å². The third kappa shape index (κ3) is 3.85. The summed E-state index contributed by atoms with van der Waals surface area (Å²) < 4.78 is 0. The standard InChI is InChI=1S/C20H21Cl2N3/c21-18-6-5-15(11-19(18)22)13-24-7-9-25(10-8-24)14-16-12-23-20-4-2-1-3-17(16)20/h1-6,11-12,23H,7-10,13-14H2. The van der Waals surface area contributed by atoms with Crippen LogP contribution in [0.25, 0.3) is 10.9 Å². The summed E-state index contributed by atoms with van der Waals surface area (Å²) in [7, 11) is 0. The van der Waals surface area contributed by atoms with Crippen LogP contribution in [0.3, 0.4) is 0 Å². The van der Waals surface area contributed by atoms with Gasteiger partial charge in [0, 0.05) is 56.4 Å². The van der Waals surface area contributed by atoms with E-state index in [1.54, 1.807) is 0 Å². The lowest BCUT2D eigenvalue weighted by atomic mass is 10.1. The van der Waals surface area contributed by atoms with E-state index in [1.807, 2.05) is 12.1 Å². The zero-order chi connectivity index (χ0) is 17.2. The lowest BCUT2D eigenvalue weighted by Crippen LogP contribution is -2.45. The maximum Gasteiger partial charge on any atom is 0.0595 e. The van der Waals surface area contributed by atoms with Crippen molar-refractivity contribution in [1.29, 1.82) is 0 Å². The Hall–Kier alpha value is -1.52. The summed E-state index contributed by atoms with van der Waals surface area (Å²) in [6, 6.07) is 14.4. The smallest absolute Gasteiger partial charge is 0.0595 e. The van der Waals surface area contributed by atoms with Crippen molar-refractivity contribution in [1.82, 2.24) is 14.8 Å². The molecular weight excluding hydrogens is 353 g/mol. The van der Waals surface area contributed by atoms with Crippen LogP contribution in [0.15, 0.2) is 48.7 Å². The van der Waals surface area contributed by atoms with Gasteiger partial charge < -0.3 is 4.98 Å². The summed E-state index contributed by atoms with van der Waals surface area (Å²) in [5.74, 6) is 0. The summed E-state index contributed by atoms with van der Waals surface area (Å²) in [6.45, 7) is 6.25. The molecule has 1 aromatic heterocycles. The molecule has 1 fully saturated rings. The van der Waals surface area contributed by atoms with E-state index in [0.29, 0.717) is 10.0 Å². The number of halogens is 2. The third-order valence-corrected chi connectivity index (χ3v) is 5.66. The van der Waals surface area contributed by atoms with Crippen LogP contribution in [0.5, 0.6) is 0 Å². The van der Waals surface area contributed by atoms with Crippen LogP contribution in [0.4, 0.5) is 0 Å². The van der Waals surface area contributed by atoms with Crippen LogP contribution in [-0.2, 0) is 13.1 Å². The first-order valence-corrected chi connectivity index (χ1v) is 9.38. The molecule has 130 valence electrons. The zero-order valence-electron chi connectivity index (χ0n) is 14.0. The van der Waals surface area contributed by atoms with Crippen LogP contribution in [0.1, 0.15) is 11.1 Å². The van der Waals surface area contributed by atoms with Crippen molar-refractivity contribution in [3.63, 3.8) is 0 Å². The van der Waals surface area contributed by atoms with Crippen LogP contribution in [-0.4, -0.2) is 41.0 Å². The number of aromatic amines is 1. The number of benzene rings is 2. The van der Waals surface area contributed by atoms with E-state index in [-0.39, 0.29) is 0 Å². The second-order valence-electron chi connectivity index (χ2n) is 6.66. The van der Waals surface area contributed by atoms with Gasteiger partial charge in [-0.05, 0) is 29.3 Å². The van der Waals surface area contributed by atoms with Crippen LogP contribution < -0.4 is 0 Å². The number of H-pyrrole nitrogens is 1. The fourth-order valence-corrected chi connectivity index (χ4v) is 3.83. The maximum absolute atomic E-state index is 6.12. The van der Waals surface area contributed by atoms with Gasteiger partial charge in [0.25, 0.3) is 0 Å². The first-order chi connectivity index (χ1) is 12.2. The molecule has 0 aliphatic carbocycles. The minimum atomic E-state index is 0.619. The fourth-order valence-electron chi connectivity index (χ4n) is 3.51. The minimum absolute atomic E-state index is 0.619. The molecule has 0 unspecified atom stereocenters. The summed E-state index contributed by atoms with van der Waals surface area (Å²) in [5.41, 5.74) is 3.82. The normalized spacial score (nSPS) is 16.6. The first-order valence-electron chi connectivity index (χ1n) is 8.63. The Kier molecular flexibility index (Phi) is 5.00. The van der Waals surface area contributed by atoms with E-state index in [0.717, 1.165) is 39.3 Å². The number of aromatic nitrogens is 1. The van der Waals surface area contributed by atoms with Gasteiger partial charge in [0.05, 0.1) is 10.0 Å². The van der Waals surface area contributed by atoms with Crippen molar-refractivity contribution in [2.24, 2.45) is 0 Å². The molecule has 0 bridgehead atoms. The lowest BCUT2D eigenvalue weighted by Gasteiger charge is -2.34. The molecule has 3 nitrogen and oxygen atoms in total. The number of piperazine rings is 1. The molecule has 3 aromatic rings. The number of nitrogens with zero attached hydrogens (tertiary/aromatic N) is 2. The van der Waals surface area contributed by atoms with Crippen molar-refractivity contribution in [3.8, 4) is 0 Å². The number of nitrogens with one attached hydrogen (secondary N) is 1. The number of para-hydroxylation sites is 1. The Labute approximate surface area is 158 Å². The molecule has 25 heavy (non-hydrogen) atoms. The van der Waals surface area contributed by atoms with Crippen molar-refractivity contribution >= 4 is 34.1 Å². The predicted octanol–water partition coefficient (Wildman–Crippen LogP) is 4.79. The van der Waals surface area contributed by atoms with E-state index in [4.69, 9.17) is 23.2 Å². The van der Waals surface area contributed by atoms with Gasteiger partial charge in [-0.1, -0.05) is 47.5 Å². The molecule has 0 radical (unpaired) electrons. The molecule has 5 heteroatoms. The first kappa shape index (κ1) is 16.9. The largest absolute Gasteiger partial charge is 0.361 e. The van der Waals surface area contributed by atoms with Gasteiger partial charge in [-0.2, -0.15) is 0 Å². The van der Waals surface area contributed by atoms with Crippen molar-refractivity contribution in [3.05, 3.63) is 69.8 Å². The van der Waals surface area contributed by atoms with E-state index in [9.17, 15) is 0 Å². The molecule has 1 aliphatic rings. The summed E-state index contributed by atoms with van der Waals surface area (Å²) in [6.07, 6.45) is 2.15. The Morgan fingerprint density at radius 2 is 1.56 bits per heavy atom. The van der Waals surface area contributed by atoms with Crippen molar-refractivity contribution in [2.45, 2.75) is 13.1 Å². The van der Waals surface area contributed by atoms with Gasteiger partial charge in [0.2, 0.25) is 0 Å². The van der Waals surface area contributed by atoms with Crippen LogP contribution in [0.2, 0.25) is 10.0 Å². The Balaban J connectivity index is 1.34. The maximum atomic E-state index is 6.12. The Morgan fingerprint density at radius 1 is 0.840 bits per heavy atom. The van der Waals surface area contributed by atoms with Gasteiger partial charge in [0.1, 0.15) is 0 Å². The molecular formula is C20H21Cl2N3. The molecule has 1 N–H and O–H groups in total. The second-order valence-corrected chi connectivity index (χ2v) is 7.47. The molecule has 2 aromatic carbocycles. The number of hydrogen-bond donors (Lipinski definition) is 1. The minimum Gasteiger partial charge on any atom is -0.361 e. The second kappa shape index (κ2) is 7.38. The average Bonchev–Trinajstić information content (AvgIpc) is 3.03. The molecule has 0 saturated carbocycles. The fraction of sp³-hybridized carbons (Fsp3) is 0.300. The number of hydrogen-bond acceptors (Lipinski definition) is 2. The van der Waals surface area contributed by atoms with Gasteiger partial charge >= 0.3 is 0 Å². The lowest BCUT2D eigenvalue weighted by molar-refractivity contribution is 0.122. The van der Waals surface area contributed by atoms with Gasteiger partial charge in [-0.3, -0.25) is 9.80 Å². The number of fused-ring (bicyclic) bond motifs is 1. The van der Waals surface area contributed by atoms with Gasteiger partial charge in [0.15, 0.2) is 0 Å².